The molecule has 0 unspecified atom stereocenters. The van der Waals surface area contributed by atoms with Crippen molar-refractivity contribution in [3.63, 3.8) is 0 Å². The van der Waals surface area contributed by atoms with Gasteiger partial charge in [0.25, 0.3) is 0 Å². The Kier molecular flexibility index (Phi) is 6.04. The second kappa shape index (κ2) is 7.49. The van der Waals surface area contributed by atoms with Gasteiger partial charge in [0.05, 0.1) is 19.3 Å². The van der Waals surface area contributed by atoms with Gasteiger partial charge >= 0.3 is 0 Å². The van der Waals surface area contributed by atoms with Crippen LogP contribution in [-0.4, -0.2) is 52.6 Å². The number of sulfonamides is 1. The van der Waals surface area contributed by atoms with Gasteiger partial charge in [-0.05, 0) is 16.5 Å². The predicted octanol–water partition coefficient (Wildman–Crippen LogP) is 1.84. The summed E-state index contributed by atoms with van der Waals surface area (Å²) in [6, 6.07) is 7.77. The number of hydroxylamine groups is 2. The largest absolute Gasteiger partial charge is 0.383 e. The molecule has 1 N–H and O–H groups in total. The minimum atomic E-state index is -3.50. The SMILES string of the molecule is COCCNS(=O)(=O)[C@@H]1CON(C)[C@@H]1c1ccc(C(C)(C)C)cc1. The van der Waals surface area contributed by atoms with Crippen molar-refractivity contribution in [3.05, 3.63) is 35.4 Å². The van der Waals surface area contributed by atoms with Crippen molar-refractivity contribution < 1.29 is 18.0 Å². The molecule has 0 radical (unpaired) electrons. The highest BCUT2D eigenvalue weighted by atomic mass is 32.2. The molecule has 2 rings (SSSR count). The van der Waals surface area contributed by atoms with Crippen molar-refractivity contribution in [2.75, 3.05) is 33.9 Å². The molecule has 136 valence electrons. The van der Waals surface area contributed by atoms with E-state index in [1.54, 1.807) is 19.2 Å². The Labute approximate surface area is 145 Å². The first-order valence-electron chi connectivity index (χ1n) is 8.10. The van der Waals surface area contributed by atoms with Gasteiger partial charge in [-0.25, -0.2) is 13.1 Å². The molecule has 1 heterocycles. The third-order valence-corrected chi connectivity index (χ3v) is 6.11. The lowest BCUT2D eigenvalue weighted by atomic mass is 9.86. The highest BCUT2D eigenvalue weighted by Crippen LogP contribution is 2.34. The zero-order valence-electron chi connectivity index (χ0n) is 15.1. The summed E-state index contributed by atoms with van der Waals surface area (Å²) in [4.78, 5) is 5.51. The third kappa shape index (κ3) is 4.34. The molecule has 6 nitrogen and oxygen atoms in total. The molecule has 2 atom stereocenters. The monoisotopic (exact) mass is 356 g/mol. The molecule has 1 aliphatic rings. The van der Waals surface area contributed by atoms with Crippen LogP contribution < -0.4 is 4.72 Å². The molecule has 0 amide bonds. The average molecular weight is 356 g/mol. The summed E-state index contributed by atoms with van der Waals surface area (Å²) < 4.78 is 32.7. The minimum absolute atomic E-state index is 0.0593. The number of hydrogen-bond donors (Lipinski definition) is 1. The van der Waals surface area contributed by atoms with E-state index in [9.17, 15) is 8.42 Å². The van der Waals surface area contributed by atoms with Gasteiger partial charge in [0.15, 0.2) is 0 Å². The molecule has 0 spiro atoms. The maximum atomic E-state index is 12.6. The van der Waals surface area contributed by atoms with Crippen LogP contribution in [0.5, 0.6) is 0 Å². The number of ether oxygens (including phenoxy) is 1. The summed E-state index contributed by atoms with van der Waals surface area (Å²) in [5.74, 6) is 0. The molecule has 1 aliphatic heterocycles. The van der Waals surface area contributed by atoms with Crippen LogP contribution in [0.25, 0.3) is 0 Å². The Morgan fingerprint density at radius 3 is 2.46 bits per heavy atom. The van der Waals surface area contributed by atoms with Gasteiger partial charge in [-0.2, -0.15) is 5.06 Å². The molecular weight excluding hydrogens is 328 g/mol. The van der Waals surface area contributed by atoms with Gasteiger partial charge in [0.1, 0.15) is 5.25 Å². The van der Waals surface area contributed by atoms with E-state index >= 15 is 0 Å². The van der Waals surface area contributed by atoms with Crippen molar-refractivity contribution in [1.82, 2.24) is 9.79 Å². The van der Waals surface area contributed by atoms with Crippen LogP contribution in [0, 0.1) is 0 Å². The van der Waals surface area contributed by atoms with Crippen LogP contribution in [-0.2, 0) is 25.0 Å². The van der Waals surface area contributed by atoms with Gasteiger partial charge in [-0.3, -0.25) is 4.84 Å². The second-order valence-electron chi connectivity index (χ2n) is 7.13. The van der Waals surface area contributed by atoms with Crippen LogP contribution in [0.15, 0.2) is 24.3 Å². The van der Waals surface area contributed by atoms with Crippen LogP contribution in [0.1, 0.15) is 37.9 Å². The molecule has 0 bridgehead atoms. The van der Waals surface area contributed by atoms with E-state index in [2.05, 4.69) is 37.6 Å². The van der Waals surface area contributed by atoms with Crippen molar-refractivity contribution in [2.24, 2.45) is 0 Å². The summed E-state index contributed by atoms with van der Waals surface area (Å²) in [6.07, 6.45) is 0. The van der Waals surface area contributed by atoms with E-state index in [-0.39, 0.29) is 24.6 Å². The number of hydrogen-bond acceptors (Lipinski definition) is 5. The Morgan fingerprint density at radius 2 is 1.92 bits per heavy atom. The Bertz CT molecular complexity index is 638. The lowest BCUT2D eigenvalue weighted by Crippen LogP contribution is -2.40. The van der Waals surface area contributed by atoms with Crippen LogP contribution in [0.4, 0.5) is 0 Å². The van der Waals surface area contributed by atoms with Crippen LogP contribution >= 0.6 is 0 Å². The van der Waals surface area contributed by atoms with Gasteiger partial charge < -0.3 is 4.74 Å². The summed E-state index contributed by atoms with van der Waals surface area (Å²) in [5, 5.41) is 0.978. The zero-order chi connectivity index (χ0) is 18.0. The number of benzene rings is 1. The van der Waals surface area contributed by atoms with Gasteiger partial charge in [0.2, 0.25) is 10.0 Å². The lowest BCUT2D eigenvalue weighted by Gasteiger charge is -2.25. The lowest BCUT2D eigenvalue weighted by molar-refractivity contribution is -0.110. The molecule has 1 saturated heterocycles. The summed E-state index contributed by atoms with van der Waals surface area (Å²) in [6.45, 7) is 7.20. The molecule has 0 aliphatic carbocycles. The zero-order valence-corrected chi connectivity index (χ0v) is 15.9. The summed E-state index contributed by atoms with van der Waals surface area (Å²) >= 11 is 0. The maximum Gasteiger partial charge on any atom is 0.218 e. The third-order valence-electron chi connectivity index (χ3n) is 4.31. The fourth-order valence-corrected chi connectivity index (χ4v) is 4.34. The van der Waals surface area contributed by atoms with E-state index in [1.165, 1.54) is 5.56 Å². The molecule has 0 saturated carbocycles. The first-order chi connectivity index (χ1) is 11.2. The Balaban J connectivity index is 2.23. The fraction of sp³-hybridized carbons (Fsp3) is 0.647. The number of nitrogens with zero attached hydrogens (tertiary/aromatic N) is 1. The Hall–Kier alpha value is -0.990. The first-order valence-corrected chi connectivity index (χ1v) is 9.65. The molecule has 1 fully saturated rings. The topological polar surface area (TPSA) is 67.9 Å². The number of rotatable bonds is 6. The summed E-state index contributed by atoms with van der Waals surface area (Å²) in [7, 11) is -0.185. The number of methoxy groups -OCH3 is 1. The van der Waals surface area contributed by atoms with Gasteiger partial charge in [-0.1, -0.05) is 45.0 Å². The van der Waals surface area contributed by atoms with E-state index in [4.69, 9.17) is 9.57 Å². The predicted molar refractivity (Wildman–Crippen MR) is 94.2 cm³/mol. The maximum absolute atomic E-state index is 12.6. The quantitative estimate of drug-likeness (QED) is 0.788. The molecule has 1 aromatic rings. The molecular formula is C17H28N2O4S. The van der Waals surface area contributed by atoms with Crippen LogP contribution in [0.2, 0.25) is 0 Å². The average Bonchev–Trinajstić information content (AvgIpc) is 2.89. The smallest absolute Gasteiger partial charge is 0.218 e. The van der Waals surface area contributed by atoms with Crippen molar-refractivity contribution in [2.45, 2.75) is 37.5 Å². The van der Waals surface area contributed by atoms with Crippen molar-refractivity contribution in [1.29, 1.82) is 0 Å². The first kappa shape index (κ1) is 19.3. The second-order valence-corrected chi connectivity index (χ2v) is 9.11. The molecule has 1 aromatic carbocycles. The van der Waals surface area contributed by atoms with Gasteiger partial charge in [0, 0.05) is 20.7 Å². The van der Waals surface area contributed by atoms with E-state index in [0.29, 0.717) is 6.61 Å². The van der Waals surface area contributed by atoms with Crippen LogP contribution in [0.3, 0.4) is 0 Å². The van der Waals surface area contributed by atoms with E-state index in [0.717, 1.165) is 5.56 Å². The standard InChI is InChI=1S/C17H28N2O4S/c1-17(2,3)14-8-6-13(7-9-14)16-15(12-23-19(16)4)24(20,21)18-10-11-22-5/h6-9,15-16,18H,10-12H2,1-5H3/t15-,16-/m1/s1. The van der Waals surface area contributed by atoms with E-state index in [1.807, 2.05) is 12.1 Å². The molecule has 24 heavy (non-hydrogen) atoms. The fourth-order valence-electron chi connectivity index (χ4n) is 2.85. The molecule has 7 heteroatoms. The molecule has 0 aromatic heterocycles. The highest BCUT2D eigenvalue weighted by Gasteiger charge is 2.43. The van der Waals surface area contributed by atoms with Crippen molar-refractivity contribution >= 4 is 10.0 Å². The minimum Gasteiger partial charge on any atom is -0.383 e. The van der Waals surface area contributed by atoms with E-state index < -0.39 is 15.3 Å². The summed E-state index contributed by atoms with van der Waals surface area (Å²) in [5.41, 5.74) is 2.21. The Morgan fingerprint density at radius 1 is 1.29 bits per heavy atom. The normalized spacial score (nSPS) is 22.9. The number of nitrogens with one attached hydrogen (secondary N) is 1. The van der Waals surface area contributed by atoms with Crippen molar-refractivity contribution in [3.8, 4) is 0 Å². The van der Waals surface area contributed by atoms with Gasteiger partial charge in [-0.15, -0.1) is 0 Å². The highest BCUT2D eigenvalue weighted by molar-refractivity contribution is 7.90.